The predicted octanol–water partition coefficient (Wildman–Crippen LogP) is 14.7. The van der Waals surface area contributed by atoms with Crippen molar-refractivity contribution in [2.45, 2.75) is 0 Å². The highest BCUT2D eigenvalue weighted by molar-refractivity contribution is 6.23. The molecule has 0 radical (unpaired) electrons. The molecule has 2 nitrogen and oxygen atoms in total. The molecule has 2 aromatic heterocycles. The van der Waals surface area contributed by atoms with Crippen LogP contribution in [0.4, 0.5) is 0 Å². The van der Waals surface area contributed by atoms with Gasteiger partial charge in [0.25, 0.3) is 0 Å². The molecule has 0 aliphatic heterocycles. The monoisotopic (exact) mass is 708 g/mol. The maximum atomic E-state index is 2.49. The van der Waals surface area contributed by atoms with Crippen LogP contribution in [0.3, 0.4) is 0 Å². The Labute approximate surface area is 322 Å². The standard InChI is InChI=1S/C54H32N2/c1-2-15-39(16-3-1)55-49-24-22-36(29-45(49)46-28-34-12-4-5-13-35(34)31-52(46)55)37-23-25-50-48(30-37)54-41-17-7-6-11-33(41)21-26-51(54)56(50)40-27-38-14-10-20-44-42-18-8-9-19-43(42)47(32-40)53(38)44/h1-32H. The summed E-state index contributed by atoms with van der Waals surface area (Å²) in [5.74, 6) is 0. The third kappa shape index (κ3) is 4.05. The molecule has 12 aromatic rings. The Morgan fingerprint density at radius 2 is 0.839 bits per heavy atom. The Hall–Kier alpha value is -7.42. The molecule has 258 valence electrons. The third-order valence-electron chi connectivity index (χ3n) is 12.4. The first kappa shape index (κ1) is 30.0. The zero-order chi connectivity index (χ0) is 36.5. The van der Waals surface area contributed by atoms with Gasteiger partial charge in [-0.25, -0.2) is 0 Å². The first-order chi connectivity index (χ1) is 27.8. The van der Waals surface area contributed by atoms with Crippen molar-refractivity contribution in [2.75, 3.05) is 0 Å². The molecule has 0 N–H and O–H groups in total. The average molecular weight is 709 g/mol. The minimum atomic E-state index is 1.17. The van der Waals surface area contributed by atoms with Crippen LogP contribution in [-0.4, -0.2) is 9.13 Å². The quantitative estimate of drug-likeness (QED) is 0.173. The third-order valence-corrected chi connectivity index (χ3v) is 12.4. The van der Waals surface area contributed by atoms with Gasteiger partial charge in [-0.1, -0.05) is 127 Å². The summed E-state index contributed by atoms with van der Waals surface area (Å²) in [6, 6.07) is 72.1. The molecule has 10 aromatic carbocycles. The summed E-state index contributed by atoms with van der Waals surface area (Å²) in [4.78, 5) is 0. The van der Waals surface area contributed by atoms with E-state index >= 15 is 0 Å². The number of hydrogen-bond acceptors (Lipinski definition) is 0. The van der Waals surface area contributed by atoms with E-state index in [1.54, 1.807) is 0 Å². The molecular weight excluding hydrogens is 677 g/mol. The lowest BCUT2D eigenvalue weighted by atomic mass is 9.98. The van der Waals surface area contributed by atoms with Gasteiger partial charge in [0.05, 0.1) is 22.1 Å². The van der Waals surface area contributed by atoms with Gasteiger partial charge in [-0.3, -0.25) is 0 Å². The van der Waals surface area contributed by atoms with Gasteiger partial charge in [-0.2, -0.15) is 0 Å². The molecule has 0 fully saturated rings. The van der Waals surface area contributed by atoms with Crippen molar-refractivity contribution in [1.82, 2.24) is 9.13 Å². The van der Waals surface area contributed by atoms with E-state index in [1.807, 2.05) is 0 Å². The number of nitrogens with zero attached hydrogens (tertiary/aromatic N) is 2. The van der Waals surface area contributed by atoms with Gasteiger partial charge < -0.3 is 9.13 Å². The van der Waals surface area contributed by atoms with Crippen LogP contribution in [0.15, 0.2) is 194 Å². The number of para-hydroxylation sites is 1. The summed E-state index contributed by atoms with van der Waals surface area (Å²) in [7, 11) is 0. The fraction of sp³-hybridized carbons (Fsp3) is 0. The second-order valence-electron chi connectivity index (χ2n) is 15.3. The Bertz CT molecular complexity index is 3640. The molecule has 1 aliphatic carbocycles. The normalized spacial score (nSPS) is 12.3. The van der Waals surface area contributed by atoms with E-state index in [9.17, 15) is 0 Å². The zero-order valence-corrected chi connectivity index (χ0v) is 30.4. The van der Waals surface area contributed by atoms with Crippen LogP contribution in [0.5, 0.6) is 0 Å². The second-order valence-corrected chi connectivity index (χ2v) is 15.3. The van der Waals surface area contributed by atoms with E-state index in [1.165, 1.54) is 121 Å². The summed E-state index contributed by atoms with van der Waals surface area (Å²) in [5, 5.41) is 12.7. The van der Waals surface area contributed by atoms with Gasteiger partial charge in [0.2, 0.25) is 0 Å². The van der Waals surface area contributed by atoms with Crippen LogP contribution in [0.2, 0.25) is 0 Å². The van der Waals surface area contributed by atoms with Crippen LogP contribution >= 0.6 is 0 Å². The lowest BCUT2D eigenvalue weighted by molar-refractivity contribution is 1.18. The molecule has 2 heteroatoms. The number of rotatable bonds is 3. The van der Waals surface area contributed by atoms with Crippen LogP contribution in [0, 0.1) is 0 Å². The van der Waals surface area contributed by atoms with Crippen molar-refractivity contribution in [3.05, 3.63) is 194 Å². The first-order valence-electron chi connectivity index (χ1n) is 19.4. The van der Waals surface area contributed by atoms with Gasteiger partial charge in [0, 0.05) is 32.9 Å². The summed E-state index contributed by atoms with van der Waals surface area (Å²) in [6.07, 6.45) is 0. The second kappa shape index (κ2) is 11.1. The summed E-state index contributed by atoms with van der Waals surface area (Å²) < 4.78 is 4.91. The first-order valence-corrected chi connectivity index (χ1v) is 19.4. The Balaban J connectivity index is 1.07. The molecule has 1 aliphatic rings. The van der Waals surface area contributed by atoms with E-state index in [4.69, 9.17) is 0 Å². The fourth-order valence-electron chi connectivity index (χ4n) is 9.92. The smallest absolute Gasteiger partial charge is 0.0547 e. The van der Waals surface area contributed by atoms with Crippen molar-refractivity contribution in [3.63, 3.8) is 0 Å². The molecule has 0 bridgehead atoms. The van der Waals surface area contributed by atoms with Crippen molar-refractivity contribution < 1.29 is 0 Å². The molecule has 0 atom stereocenters. The van der Waals surface area contributed by atoms with Crippen molar-refractivity contribution >= 4 is 75.9 Å². The maximum Gasteiger partial charge on any atom is 0.0547 e. The molecule has 0 amide bonds. The molecule has 13 rings (SSSR count). The van der Waals surface area contributed by atoms with Crippen molar-refractivity contribution in [1.29, 1.82) is 0 Å². The zero-order valence-electron chi connectivity index (χ0n) is 30.4. The van der Waals surface area contributed by atoms with Gasteiger partial charge in [-0.05, 0) is 132 Å². The largest absolute Gasteiger partial charge is 0.309 e. The Morgan fingerprint density at radius 1 is 0.250 bits per heavy atom. The summed E-state index contributed by atoms with van der Waals surface area (Å²) in [5.41, 5.74) is 14.9. The highest BCUT2D eigenvalue weighted by Gasteiger charge is 2.24. The van der Waals surface area contributed by atoms with E-state index in [-0.39, 0.29) is 0 Å². The topological polar surface area (TPSA) is 9.86 Å². The molecule has 0 unspecified atom stereocenters. The fourth-order valence-corrected chi connectivity index (χ4v) is 9.92. The minimum Gasteiger partial charge on any atom is -0.309 e. The van der Waals surface area contributed by atoms with E-state index in [0.29, 0.717) is 0 Å². The molecule has 2 heterocycles. The highest BCUT2D eigenvalue weighted by atomic mass is 15.0. The highest BCUT2D eigenvalue weighted by Crippen LogP contribution is 2.49. The van der Waals surface area contributed by atoms with Crippen LogP contribution in [0.1, 0.15) is 0 Å². The van der Waals surface area contributed by atoms with Crippen molar-refractivity contribution in [2.24, 2.45) is 0 Å². The molecule has 0 spiro atoms. The van der Waals surface area contributed by atoms with Crippen LogP contribution < -0.4 is 0 Å². The van der Waals surface area contributed by atoms with Gasteiger partial charge in [0.1, 0.15) is 0 Å². The van der Waals surface area contributed by atoms with Gasteiger partial charge in [-0.15, -0.1) is 0 Å². The number of hydrogen-bond donors (Lipinski definition) is 0. The summed E-state index contributed by atoms with van der Waals surface area (Å²) in [6.45, 7) is 0. The lowest BCUT2D eigenvalue weighted by Gasteiger charge is -2.12. The Kier molecular flexibility index (Phi) is 5.92. The van der Waals surface area contributed by atoms with Crippen LogP contribution in [0.25, 0.3) is 121 Å². The number of aromatic nitrogens is 2. The molecule has 56 heavy (non-hydrogen) atoms. The minimum absolute atomic E-state index is 1.17. The van der Waals surface area contributed by atoms with Gasteiger partial charge >= 0.3 is 0 Å². The summed E-state index contributed by atoms with van der Waals surface area (Å²) >= 11 is 0. The van der Waals surface area contributed by atoms with E-state index < -0.39 is 0 Å². The van der Waals surface area contributed by atoms with Gasteiger partial charge in [0.15, 0.2) is 0 Å². The van der Waals surface area contributed by atoms with Crippen LogP contribution in [-0.2, 0) is 0 Å². The van der Waals surface area contributed by atoms with E-state index in [0.717, 1.165) is 0 Å². The predicted molar refractivity (Wildman–Crippen MR) is 238 cm³/mol. The van der Waals surface area contributed by atoms with E-state index in [2.05, 4.69) is 203 Å². The molecular formula is C54H32N2. The average Bonchev–Trinajstić information content (AvgIpc) is 3.89. The number of benzene rings is 10. The number of fused-ring (bicyclic) bond motifs is 12. The SMILES string of the molecule is c1ccc(-n2c3ccc(-c4ccc5c(c4)c4c6ccccc6ccc4n5-c4cc5c6c(cccc6c4)-c4ccccc4-5)cc3c3cc4ccccc4cc32)cc1. The lowest BCUT2D eigenvalue weighted by Crippen LogP contribution is -1.95. The Morgan fingerprint density at radius 3 is 1.66 bits per heavy atom. The molecule has 0 saturated carbocycles. The molecule has 0 saturated heterocycles. The van der Waals surface area contributed by atoms with Crippen molar-refractivity contribution in [3.8, 4) is 44.8 Å². The maximum absolute atomic E-state index is 2.49.